The second kappa shape index (κ2) is 9.81. The zero-order valence-electron chi connectivity index (χ0n) is 18.2. The molecular formula is C26H26F4N2O. The van der Waals surface area contributed by atoms with Crippen molar-refractivity contribution in [2.45, 2.75) is 57.4 Å². The van der Waals surface area contributed by atoms with Crippen molar-refractivity contribution in [3.05, 3.63) is 95.1 Å². The zero-order valence-corrected chi connectivity index (χ0v) is 18.2. The Balaban J connectivity index is 1.61. The molecule has 0 saturated heterocycles. The highest BCUT2D eigenvalue weighted by Crippen LogP contribution is 2.31. The van der Waals surface area contributed by atoms with Gasteiger partial charge < -0.3 is 9.47 Å². The summed E-state index contributed by atoms with van der Waals surface area (Å²) in [6, 6.07) is 14.7. The van der Waals surface area contributed by atoms with Gasteiger partial charge in [0.15, 0.2) is 0 Å². The van der Waals surface area contributed by atoms with Gasteiger partial charge >= 0.3 is 6.18 Å². The summed E-state index contributed by atoms with van der Waals surface area (Å²) >= 11 is 0. The Hall–Kier alpha value is -3.09. The fourth-order valence-electron chi connectivity index (χ4n) is 4.51. The molecule has 1 amide bonds. The molecule has 1 saturated carbocycles. The normalized spacial score (nSPS) is 14.9. The van der Waals surface area contributed by atoms with Crippen LogP contribution in [-0.2, 0) is 19.3 Å². The summed E-state index contributed by atoms with van der Waals surface area (Å²) in [6.07, 6.45) is 2.09. The van der Waals surface area contributed by atoms with Gasteiger partial charge in [-0.05, 0) is 60.9 Å². The highest BCUT2D eigenvalue weighted by Gasteiger charge is 2.32. The second-order valence-electron chi connectivity index (χ2n) is 8.56. The van der Waals surface area contributed by atoms with E-state index in [9.17, 15) is 22.4 Å². The summed E-state index contributed by atoms with van der Waals surface area (Å²) < 4.78 is 55.2. The Morgan fingerprint density at radius 1 is 0.970 bits per heavy atom. The molecule has 1 fully saturated rings. The molecule has 0 bridgehead atoms. The third-order valence-electron chi connectivity index (χ3n) is 6.21. The maximum absolute atomic E-state index is 13.6. The van der Waals surface area contributed by atoms with Crippen LogP contribution >= 0.6 is 0 Å². The molecular weight excluding hydrogens is 432 g/mol. The van der Waals surface area contributed by atoms with E-state index < -0.39 is 17.6 Å². The molecule has 3 aromatic rings. The van der Waals surface area contributed by atoms with Gasteiger partial charge in [0.2, 0.25) is 0 Å². The van der Waals surface area contributed by atoms with Crippen LogP contribution in [0.25, 0.3) is 0 Å². The molecule has 1 heterocycles. The lowest BCUT2D eigenvalue weighted by atomic mass is 9.93. The number of halogens is 4. The first-order chi connectivity index (χ1) is 15.8. The SMILES string of the molecule is O=C(c1cccc(C(F)(F)F)c1)N(Cc1cccn1Cc1cccc(F)c1)C1CCCCC1. The Morgan fingerprint density at radius 2 is 1.73 bits per heavy atom. The van der Waals surface area contributed by atoms with Crippen molar-refractivity contribution in [3.8, 4) is 0 Å². The Kier molecular flexibility index (Phi) is 6.86. The fourth-order valence-corrected chi connectivity index (χ4v) is 4.51. The van der Waals surface area contributed by atoms with Crippen molar-refractivity contribution >= 4 is 5.91 Å². The molecule has 0 N–H and O–H groups in total. The summed E-state index contributed by atoms with van der Waals surface area (Å²) in [4.78, 5) is 15.2. The van der Waals surface area contributed by atoms with E-state index in [0.717, 1.165) is 55.5 Å². The van der Waals surface area contributed by atoms with Crippen molar-refractivity contribution in [1.82, 2.24) is 9.47 Å². The van der Waals surface area contributed by atoms with Crippen molar-refractivity contribution in [1.29, 1.82) is 0 Å². The Morgan fingerprint density at radius 3 is 2.45 bits per heavy atom. The maximum Gasteiger partial charge on any atom is 0.416 e. The average Bonchev–Trinajstić information content (AvgIpc) is 3.23. The highest BCUT2D eigenvalue weighted by atomic mass is 19.4. The lowest BCUT2D eigenvalue weighted by molar-refractivity contribution is -0.137. The monoisotopic (exact) mass is 458 g/mol. The number of benzene rings is 2. The van der Waals surface area contributed by atoms with Crippen LogP contribution in [0.15, 0.2) is 66.9 Å². The van der Waals surface area contributed by atoms with Gasteiger partial charge in [0.1, 0.15) is 5.82 Å². The molecule has 1 aliphatic carbocycles. The summed E-state index contributed by atoms with van der Waals surface area (Å²) in [5, 5.41) is 0. The third-order valence-corrected chi connectivity index (χ3v) is 6.21. The number of hydrogen-bond donors (Lipinski definition) is 0. The number of alkyl halides is 3. The van der Waals surface area contributed by atoms with Gasteiger partial charge in [0.25, 0.3) is 5.91 Å². The van der Waals surface area contributed by atoms with Crippen LogP contribution in [0.3, 0.4) is 0 Å². The van der Waals surface area contributed by atoms with Gasteiger partial charge in [-0.25, -0.2) is 4.39 Å². The highest BCUT2D eigenvalue weighted by molar-refractivity contribution is 5.94. The number of carbonyl (C=O) groups excluding carboxylic acids is 1. The van der Waals surface area contributed by atoms with E-state index in [0.29, 0.717) is 6.54 Å². The average molecular weight is 458 g/mol. The molecule has 0 atom stereocenters. The van der Waals surface area contributed by atoms with Crippen molar-refractivity contribution < 1.29 is 22.4 Å². The first kappa shape index (κ1) is 23.1. The number of amides is 1. The van der Waals surface area contributed by atoms with Crippen LogP contribution < -0.4 is 0 Å². The van der Waals surface area contributed by atoms with Crippen LogP contribution in [0.1, 0.15) is 59.3 Å². The molecule has 0 unspecified atom stereocenters. The molecule has 1 aliphatic rings. The van der Waals surface area contributed by atoms with Crippen LogP contribution in [0.5, 0.6) is 0 Å². The van der Waals surface area contributed by atoms with E-state index in [1.165, 1.54) is 24.3 Å². The lowest BCUT2D eigenvalue weighted by Gasteiger charge is -2.35. The Bertz CT molecular complexity index is 1100. The van der Waals surface area contributed by atoms with Crippen molar-refractivity contribution in [2.75, 3.05) is 0 Å². The molecule has 174 valence electrons. The minimum Gasteiger partial charge on any atom is -0.345 e. The van der Waals surface area contributed by atoms with E-state index in [4.69, 9.17) is 0 Å². The van der Waals surface area contributed by atoms with Gasteiger partial charge in [-0.15, -0.1) is 0 Å². The van der Waals surface area contributed by atoms with Gasteiger partial charge in [0, 0.05) is 30.0 Å². The summed E-state index contributed by atoms with van der Waals surface area (Å²) in [6.45, 7) is 0.721. The van der Waals surface area contributed by atoms with Crippen LogP contribution in [-0.4, -0.2) is 21.4 Å². The predicted octanol–water partition coefficient (Wildman–Crippen LogP) is 6.67. The fraction of sp³-hybridized carbons (Fsp3) is 0.346. The molecule has 7 heteroatoms. The molecule has 0 aliphatic heterocycles. The largest absolute Gasteiger partial charge is 0.416 e. The minimum absolute atomic E-state index is 0.0293. The molecule has 0 spiro atoms. The molecule has 3 nitrogen and oxygen atoms in total. The molecule has 33 heavy (non-hydrogen) atoms. The number of hydrogen-bond acceptors (Lipinski definition) is 1. The molecule has 4 rings (SSSR count). The van der Waals surface area contributed by atoms with Crippen molar-refractivity contribution in [2.24, 2.45) is 0 Å². The predicted molar refractivity (Wildman–Crippen MR) is 118 cm³/mol. The van der Waals surface area contributed by atoms with Gasteiger partial charge in [-0.1, -0.05) is 37.5 Å². The maximum atomic E-state index is 13.6. The number of aromatic nitrogens is 1. The van der Waals surface area contributed by atoms with Gasteiger partial charge in [0.05, 0.1) is 12.1 Å². The van der Waals surface area contributed by atoms with E-state index >= 15 is 0 Å². The molecule has 0 radical (unpaired) electrons. The first-order valence-electron chi connectivity index (χ1n) is 11.2. The minimum atomic E-state index is -4.51. The number of carbonyl (C=O) groups is 1. The van der Waals surface area contributed by atoms with E-state index in [1.807, 2.05) is 29.0 Å². The topological polar surface area (TPSA) is 25.2 Å². The lowest BCUT2D eigenvalue weighted by Crippen LogP contribution is -2.41. The van der Waals surface area contributed by atoms with Gasteiger partial charge in [-0.3, -0.25) is 4.79 Å². The van der Waals surface area contributed by atoms with Crippen LogP contribution in [0.4, 0.5) is 17.6 Å². The smallest absolute Gasteiger partial charge is 0.345 e. The van der Waals surface area contributed by atoms with Crippen LogP contribution in [0, 0.1) is 5.82 Å². The summed E-state index contributed by atoms with van der Waals surface area (Å²) in [5.41, 5.74) is 0.857. The van der Waals surface area contributed by atoms with E-state index in [1.54, 1.807) is 11.0 Å². The molecule has 1 aromatic heterocycles. The quantitative estimate of drug-likeness (QED) is 0.379. The summed E-state index contributed by atoms with van der Waals surface area (Å²) in [5.74, 6) is -0.712. The number of rotatable bonds is 6. The molecule has 2 aromatic carbocycles. The Labute approximate surface area is 190 Å². The second-order valence-corrected chi connectivity index (χ2v) is 8.56. The zero-order chi connectivity index (χ0) is 23.4. The van der Waals surface area contributed by atoms with Crippen molar-refractivity contribution in [3.63, 3.8) is 0 Å². The van der Waals surface area contributed by atoms with Crippen LogP contribution in [0.2, 0.25) is 0 Å². The van der Waals surface area contributed by atoms with E-state index in [2.05, 4.69) is 0 Å². The standard InChI is InChI=1S/C26H26F4N2O/c27-22-10-4-7-19(15-22)17-31-14-6-13-24(31)18-32(23-11-2-1-3-12-23)25(33)20-8-5-9-21(16-20)26(28,29)30/h4-10,13-16,23H,1-3,11-12,17-18H2. The van der Waals surface area contributed by atoms with Gasteiger partial charge in [-0.2, -0.15) is 13.2 Å². The number of nitrogens with zero attached hydrogens (tertiary/aromatic N) is 2. The third kappa shape index (κ3) is 5.64. The van der Waals surface area contributed by atoms with E-state index in [-0.39, 0.29) is 24.0 Å². The summed E-state index contributed by atoms with van der Waals surface area (Å²) in [7, 11) is 0. The first-order valence-corrected chi connectivity index (χ1v) is 11.2.